The molecule has 1 aromatic rings. The molecule has 0 aromatic heterocycles. The highest BCUT2D eigenvalue weighted by atomic mass is 127. The lowest BCUT2D eigenvalue weighted by molar-refractivity contribution is -0.117. The van der Waals surface area contributed by atoms with E-state index in [-0.39, 0.29) is 29.9 Å². The van der Waals surface area contributed by atoms with Crippen LogP contribution in [-0.2, 0) is 16.1 Å². The number of halogens is 1. The monoisotopic (exact) mass is 488 g/mol. The van der Waals surface area contributed by atoms with Gasteiger partial charge in [0, 0.05) is 52.0 Å². The van der Waals surface area contributed by atoms with Crippen molar-refractivity contribution in [2.24, 2.45) is 10.9 Å². The van der Waals surface area contributed by atoms with Crippen molar-refractivity contribution < 1.29 is 9.53 Å². The number of nitrogens with zero attached hydrogens (tertiary/aromatic N) is 2. The SMILES string of the molecule is CN=C(NCCCOCC(C)C)NCc1ccc(N2CCCC2=O)cc1.I. The number of ether oxygens (including phenoxy) is 1. The number of amides is 1. The van der Waals surface area contributed by atoms with Crippen molar-refractivity contribution in [1.82, 2.24) is 10.6 Å². The van der Waals surface area contributed by atoms with E-state index in [1.807, 2.05) is 17.0 Å². The van der Waals surface area contributed by atoms with Crippen LogP contribution >= 0.6 is 24.0 Å². The predicted molar refractivity (Wildman–Crippen MR) is 122 cm³/mol. The average Bonchev–Trinajstić information content (AvgIpc) is 3.06. The lowest BCUT2D eigenvalue weighted by Gasteiger charge is -2.16. The minimum Gasteiger partial charge on any atom is -0.381 e. The standard InChI is InChI=1S/C20H32N4O2.HI/c1-16(2)15-26-13-5-11-22-20(21-3)23-14-17-7-9-18(10-8-17)24-12-4-6-19(24)25;/h7-10,16H,4-6,11-15H2,1-3H3,(H2,21,22,23);1H. The Balaban J connectivity index is 0.00000364. The van der Waals surface area contributed by atoms with Crippen molar-refractivity contribution in [2.45, 2.75) is 39.7 Å². The van der Waals surface area contributed by atoms with Gasteiger partial charge in [0.15, 0.2) is 5.96 Å². The maximum Gasteiger partial charge on any atom is 0.227 e. The van der Waals surface area contributed by atoms with Crippen molar-refractivity contribution in [3.63, 3.8) is 0 Å². The van der Waals surface area contributed by atoms with E-state index in [9.17, 15) is 4.79 Å². The zero-order chi connectivity index (χ0) is 18.8. The molecule has 1 aliphatic heterocycles. The van der Waals surface area contributed by atoms with Crippen molar-refractivity contribution >= 4 is 41.5 Å². The third-order valence-electron chi connectivity index (χ3n) is 4.21. The molecule has 0 aliphatic carbocycles. The van der Waals surface area contributed by atoms with Crippen LogP contribution in [0.3, 0.4) is 0 Å². The Labute approximate surface area is 180 Å². The zero-order valence-corrected chi connectivity index (χ0v) is 19.0. The number of hydrogen-bond acceptors (Lipinski definition) is 3. The first-order valence-corrected chi connectivity index (χ1v) is 9.51. The molecule has 0 spiro atoms. The van der Waals surface area contributed by atoms with E-state index in [1.165, 1.54) is 0 Å². The van der Waals surface area contributed by atoms with Crippen LogP contribution in [0.2, 0.25) is 0 Å². The normalized spacial score (nSPS) is 14.4. The van der Waals surface area contributed by atoms with Gasteiger partial charge >= 0.3 is 0 Å². The molecule has 1 fully saturated rings. The first kappa shape index (κ1) is 23.7. The second kappa shape index (κ2) is 12.9. The van der Waals surface area contributed by atoms with E-state index < -0.39 is 0 Å². The van der Waals surface area contributed by atoms with Crippen LogP contribution in [0.15, 0.2) is 29.3 Å². The van der Waals surface area contributed by atoms with E-state index >= 15 is 0 Å². The fourth-order valence-electron chi connectivity index (χ4n) is 2.82. The number of benzene rings is 1. The fraction of sp³-hybridized carbons (Fsp3) is 0.600. The third-order valence-corrected chi connectivity index (χ3v) is 4.21. The van der Waals surface area contributed by atoms with Gasteiger partial charge in [-0.2, -0.15) is 0 Å². The molecule has 152 valence electrons. The molecular weight excluding hydrogens is 455 g/mol. The summed E-state index contributed by atoms with van der Waals surface area (Å²) in [4.78, 5) is 17.9. The minimum atomic E-state index is 0. The quantitative estimate of drug-likeness (QED) is 0.243. The van der Waals surface area contributed by atoms with E-state index in [0.717, 1.165) is 56.4 Å². The maximum atomic E-state index is 11.8. The molecule has 1 saturated heterocycles. The number of hydrogen-bond donors (Lipinski definition) is 2. The lowest BCUT2D eigenvalue weighted by Crippen LogP contribution is -2.37. The molecule has 27 heavy (non-hydrogen) atoms. The second-order valence-electron chi connectivity index (χ2n) is 6.99. The summed E-state index contributed by atoms with van der Waals surface area (Å²) in [6.45, 7) is 8.23. The van der Waals surface area contributed by atoms with Gasteiger partial charge in [-0.05, 0) is 36.5 Å². The Morgan fingerprint density at radius 2 is 2.00 bits per heavy atom. The molecule has 0 atom stereocenters. The Hall–Kier alpha value is -1.35. The molecule has 1 amide bonds. The van der Waals surface area contributed by atoms with Gasteiger partial charge in [-0.1, -0.05) is 26.0 Å². The summed E-state index contributed by atoms with van der Waals surface area (Å²) in [5.41, 5.74) is 2.14. The van der Waals surface area contributed by atoms with Gasteiger partial charge < -0.3 is 20.3 Å². The molecule has 7 heteroatoms. The van der Waals surface area contributed by atoms with Crippen molar-refractivity contribution in [1.29, 1.82) is 0 Å². The maximum absolute atomic E-state index is 11.8. The van der Waals surface area contributed by atoms with E-state index in [1.54, 1.807) is 7.05 Å². The van der Waals surface area contributed by atoms with Gasteiger partial charge in [-0.3, -0.25) is 9.79 Å². The number of carbonyl (C=O) groups excluding carboxylic acids is 1. The summed E-state index contributed by atoms with van der Waals surface area (Å²) in [6, 6.07) is 8.15. The molecule has 0 bridgehead atoms. The van der Waals surface area contributed by atoms with Crippen LogP contribution in [-0.4, -0.2) is 45.2 Å². The molecular formula is C20H33IN4O2. The smallest absolute Gasteiger partial charge is 0.227 e. The Morgan fingerprint density at radius 3 is 2.59 bits per heavy atom. The van der Waals surface area contributed by atoms with Gasteiger partial charge in [-0.25, -0.2) is 0 Å². The van der Waals surface area contributed by atoms with E-state index in [2.05, 4.69) is 41.6 Å². The van der Waals surface area contributed by atoms with Crippen LogP contribution in [0.1, 0.15) is 38.7 Å². The molecule has 0 unspecified atom stereocenters. The largest absolute Gasteiger partial charge is 0.381 e. The Bertz CT molecular complexity index is 590. The lowest BCUT2D eigenvalue weighted by atomic mass is 10.2. The number of aliphatic imine (C=N–C) groups is 1. The number of rotatable bonds is 9. The van der Waals surface area contributed by atoms with Crippen molar-refractivity contribution in [3.05, 3.63) is 29.8 Å². The van der Waals surface area contributed by atoms with Crippen LogP contribution in [0.4, 0.5) is 5.69 Å². The predicted octanol–water partition coefficient (Wildman–Crippen LogP) is 3.16. The Kier molecular flexibility index (Phi) is 11.3. The number of carbonyl (C=O) groups is 1. The van der Waals surface area contributed by atoms with E-state index in [4.69, 9.17) is 4.74 Å². The second-order valence-corrected chi connectivity index (χ2v) is 6.99. The summed E-state index contributed by atoms with van der Waals surface area (Å²) in [5, 5.41) is 6.61. The first-order valence-electron chi connectivity index (χ1n) is 9.51. The summed E-state index contributed by atoms with van der Waals surface area (Å²) >= 11 is 0. The molecule has 1 aliphatic rings. The Morgan fingerprint density at radius 1 is 1.26 bits per heavy atom. The first-order chi connectivity index (χ1) is 12.6. The molecule has 1 heterocycles. The van der Waals surface area contributed by atoms with Crippen LogP contribution in [0.25, 0.3) is 0 Å². The highest BCUT2D eigenvalue weighted by molar-refractivity contribution is 14.0. The molecule has 1 aromatic carbocycles. The van der Waals surface area contributed by atoms with Gasteiger partial charge in [0.1, 0.15) is 0 Å². The fourth-order valence-corrected chi connectivity index (χ4v) is 2.82. The number of nitrogens with one attached hydrogen (secondary N) is 2. The van der Waals surface area contributed by atoms with Gasteiger partial charge in [0.2, 0.25) is 5.91 Å². The van der Waals surface area contributed by atoms with Crippen LogP contribution < -0.4 is 15.5 Å². The van der Waals surface area contributed by atoms with Crippen LogP contribution in [0.5, 0.6) is 0 Å². The topological polar surface area (TPSA) is 66.0 Å². The van der Waals surface area contributed by atoms with Gasteiger partial charge in [0.25, 0.3) is 0 Å². The van der Waals surface area contributed by atoms with Gasteiger partial charge in [-0.15, -0.1) is 24.0 Å². The molecule has 0 radical (unpaired) electrons. The minimum absolute atomic E-state index is 0. The van der Waals surface area contributed by atoms with Crippen molar-refractivity contribution in [2.75, 3.05) is 38.3 Å². The van der Waals surface area contributed by atoms with Crippen molar-refractivity contribution in [3.8, 4) is 0 Å². The summed E-state index contributed by atoms with van der Waals surface area (Å²) < 4.78 is 5.57. The summed E-state index contributed by atoms with van der Waals surface area (Å²) in [7, 11) is 1.77. The average molecular weight is 488 g/mol. The molecule has 2 N–H and O–H groups in total. The molecule has 2 rings (SSSR count). The van der Waals surface area contributed by atoms with Crippen LogP contribution in [0, 0.1) is 5.92 Å². The van der Waals surface area contributed by atoms with Gasteiger partial charge in [0.05, 0.1) is 0 Å². The zero-order valence-electron chi connectivity index (χ0n) is 16.7. The highest BCUT2D eigenvalue weighted by Crippen LogP contribution is 2.21. The summed E-state index contributed by atoms with van der Waals surface area (Å²) in [6.07, 6.45) is 2.56. The number of anilines is 1. The van der Waals surface area contributed by atoms with E-state index in [0.29, 0.717) is 18.9 Å². The summed E-state index contributed by atoms with van der Waals surface area (Å²) in [5.74, 6) is 1.58. The highest BCUT2D eigenvalue weighted by Gasteiger charge is 2.21. The molecule has 6 nitrogen and oxygen atoms in total. The third kappa shape index (κ3) is 8.47. The number of guanidine groups is 1. The molecule has 0 saturated carbocycles.